The lowest BCUT2D eigenvalue weighted by Gasteiger charge is -2.14. The minimum Gasteiger partial charge on any atom is -0.493 e. The van der Waals surface area contributed by atoms with Gasteiger partial charge in [-0.2, -0.15) is 0 Å². The highest BCUT2D eigenvalue weighted by Crippen LogP contribution is 2.40. The van der Waals surface area contributed by atoms with Gasteiger partial charge in [-0.25, -0.2) is 4.79 Å². The van der Waals surface area contributed by atoms with Crippen molar-refractivity contribution in [1.29, 1.82) is 0 Å². The highest BCUT2D eigenvalue weighted by molar-refractivity contribution is 9.10. The summed E-state index contributed by atoms with van der Waals surface area (Å²) in [6, 6.07) is 23.4. The number of nitrogens with zero attached hydrogens (tertiary/aromatic N) is 1. The van der Waals surface area contributed by atoms with E-state index in [1.54, 1.807) is 54.6 Å². The monoisotopic (exact) mass is 607 g/mol. The molecule has 1 fully saturated rings. The smallest absolute Gasteiger partial charge is 0.344 e. The molecular weight excluding hydrogens is 590 g/mol. The highest BCUT2D eigenvalue weighted by atomic mass is 79.9. The van der Waals surface area contributed by atoms with Crippen LogP contribution in [0.4, 0.5) is 4.79 Å². The number of amides is 2. The van der Waals surface area contributed by atoms with E-state index in [9.17, 15) is 14.4 Å². The van der Waals surface area contributed by atoms with Gasteiger partial charge in [-0.15, -0.1) is 0 Å². The van der Waals surface area contributed by atoms with E-state index in [1.165, 1.54) is 7.11 Å². The van der Waals surface area contributed by atoms with Crippen molar-refractivity contribution in [2.24, 2.45) is 0 Å². The Hall–Kier alpha value is -3.59. The van der Waals surface area contributed by atoms with Crippen LogP contribution in [0.3, 0.4) is 0 Å². The van der Waals surface area contributed by atoms with E-state index >= 15 is 0 Å². The molecule has 190 valence electrons. The van der Waals surface area contributed by atoms with Gasteiger partial charge in [-0.05, 0) is 79.9 Å². The molecule has 1 aliphatic rings. The third-order valence-electron chi connectivity index (χ3n) is 5.91. The summed E-state index contributed by atoms with van der Waals surface area (Å²) in [6.07, 6.45) is 1.60. The van der Waals surface area contributed by atoms with E-state index in [1.807, 2.05) is 30.3 Å². The molecule has 9 heteroatoms. The fourth-order valence-corrected chi connectivity index (χ4v) is 5.63. The Kier molecular flexibility index (Phi) is 7.56. The molecule has 2 amide bonds. The predicted octanol–water partition coefficient (Wildman–Crippen LogP) is 7.72. The second-order valence-electron chi connectivity index (χ2n) is 8.31. The van der Waals surface area contributed by atoms with Gasteiger partial charge >= 0.3 is 5.97 Å². The van der Waals surface area contributed by atoms with Crippen molar-refractivity contribution in [2.75, 3.05) is 7.11 Å². The van der Waals surface area contributed by atoms with Crippen LogP contribution in [-0.4, -0.2) is 29.1 Å². The van der Waals surface area contributed by atoms with E-state index < -0.39 is 11.9 Å². The molecule has 38 heavy (non-hydrogen) atoms. The van der Waals surface area contributed by atoms with Gasteiger partial charge in [0, 0.05) is 5.02 Å². The summed E-state index contributed by atoms with van der Waals surface area (Å²) < 4.78 is 11.7. The summed E-state index contributed by atoms with van der Waals surface area (Å²) in [5.41, 5.74) is 1.69. The van der Waals surface area contributed by atoms with Gasteiger partial charge in [-0.3, -0.25) is 14.5 Å². The molecule has 0 N–H and O–H groups in total. The van der Waals surface area contributed by atoms with Crippen LogP contribution in [-0.2, 0) is 11.3 Å². The fraction of sp³-hybridized carbons (Fsp3) is 0.0690. The molecule has 0 spiro atoms. The van der Waals surface area contributed by atoms with Crippen molar-refractivity contribution in [3.8, 4) is 11.5 Å². The van der Waals surface area contributed by atoms with E-state index in [0.29, 0.717) is 26.2 Å². The maximum absolute atomic E-state index is 13.1. The Morgan fingerprint density at radius 2 is 1.76 bits per heavy atom. The van der Waals surface area contributed by atoms with Crippen LogP contribution in [0.25, 0.3) is 16.8 Å². The Morgan fingerprint density at radius 1 is 1.03 bits per heavy atom. The van der Waals surface area contributed by atoms with Crippen LogP contribution in [0, 0.1) is 0 Å². The van der Waals surface area contributed by atoms with Gasteiger partial charge in [-0.1, -0.05) is 66.2 Å². The van der Waals surface area contributed by atoms with Crippen LogP contribution >= 0.6 is 39.3 Å². The second-order valence-corrected chi connectivity index (χ2v) is 10.6. The maximum Gasteiger partial charge on any atom is 0.344 e. The molecule has 1 aliphatic heterocycles. The molecule has 0 unspecified atom stereocenters. The van der Waals surface area contributed by atoms with E-state index in [0.717, 1.165) is 27.4 Å². The van der Waals surface area contributed by atoms with Crippen molar-refractivity contribution in [3.05, 3.63) is 110 Å². The number of rotatable bonds is 6. The molecule has 1 heterocycles. The van der Waals surface area contributed by atoms with Crippen molar-refractivity contribution in [3.63, 3.8) is 0 Å². The number of methoxy groups -OCH3 is 1. The third kappa shape index (κ3) is 5.20. The van der Waals surface area contributed by atoms with Crippen molar-refractivity contribution < 1.29 is 23.9 Å². The number of halogens is 2. The number of imide groups is 1. The molecule has 0 aromatic heterocycles. The number of ether oxygens (including phenoxy) is 2. The number of hydrogen-bond donors (Lipinski definition) is 0. The number of hydrogen-bond acceptors (Lipinski definition) is 6. The molecule has 5 rings (SSSR count). The zero-order chi connectivity index (χ0) is 26.8. The first-order valence-corrected chi connectivity index (χ1v) is 13.4. The molecule has 6 nitrogen and oxygen atoms in total. The lowest BCUT2D eigenvalue weighted by atomic mass is 10.0. The SMILES string of the molecule is COc1cc(/C=C2\SC(=O)N(Cc3ccccc3Cl)C2=O)cc(Br)c1OC(=O)c1cccc2ccccc12. The topological polar surface area (TPSA) is 72.9 Å². The standard InChI is InChI=1S/C29H19BrClNO5S/c1-36-24-14-17(15-25-27(33)32(29(35)38-25)16-19-8-3-5-12-23(19)31)13-22(30)26(24)37-28(34)21-11-6-9-18-7-2-4-10-20(18)21/h2-15H,16H2,1H3/b25-15-. The first kappa shape index (κ1) is 26.0. The molecule has 0 aliphatic carbocycles. The molecule has 4 aromatic rings. The lowest BCUT2D eigenvalue weighted by molar-refractivity contribution is -0.123. The number of carbonyl (C=O) groups is 3. The number of fused-ring (bicyclic) bond motifs is 1. The van der Waals surface area contributed by atoms with Gasteiger partial charge in [0.1, 0.15) is 0 Å². The number of esters is 1. The largest absolute Gasteiger partial charge is 0.493 e. The number of thioether (sulfide) groups is 1. The Bertz CT molecular complexity index is 1630. The van der Waals surface area contributed by atoms with Crippen molar-refractivity contribution >= 4 is 73.3 Å². The lowest BCUT2D eigenvalue weighted by Crippen LogP contribution is -2.27. The second kappa shape index (κ2) is 11.0. The van der Waals surface area contributed by atoms with Gasteiger partial charge in [0.2, 0.25) is 0 Å². The highest BCUT2D eigenvalue weighted by Gasteiger charge is 2.35. The van der Waals surface area contributed by atoms with Gasteiger partial charge in [0.05, 0.1) is 28.6 Å². The molecule has 0 saturated carbocycles. The zero-order valence-corrected chi connectivity index (χ0v) is 23.1. The molecule has 0 bridgehead atoms. The van der Waals surface area contributed by atoms with Gasteiger partial charge < -0.3 is 9.47 Å². The summed E-state index contributed by atoms with van der Waals surface area (Å²) in [7, 11) is 1.46. The average molecular weight is 609 g/mol. The Balaban J connectivity index is 1.40. The van der Waals surface area contributed by atoms with Crippen LogP contribution in [0.1, 0.15) is 21.5 Å². The summed E-state index contributed by atoms with van der Waals surface area (Å²) in [5, 5.41) is 1.80. The van der Waals surface area contributed by atoms with E-state index in [-0.39, 0.29) is 28.2 Å². The Morgan fingerprint density at radius 3 is 2.55 bits per heavy atom. The first-order chi connectivity index (χ1) is 18.4. The third-order valence-corrected chi connectivity index (χ3v) is 7.78. The van der Waals surface area contributed by atoms with Crippen molar-refractivity contribution in [2.45, 2.75) is 6.54 Å². The Labute approximate surface area is 236 Å². The van der Waals surface area contributed by atoms with Crippen LogP contribution in [0.2, 0.25) is 5.02 Å². The normalized spacial score (nSPS) is 14.4. The fourth-order valence-electron chi connectivity index (χ4n) is 4.06. The first-order valence-electron chi connectivity index (χ1n) is 11.4. The summed E-state index contributed by atoms with van der Waals surface area (Å²) in [5.74, 6) is -0.459. The molecular formula is C29H19BrClNO5S. The van der Waals surface area contributed by atoms with Crippen LogP contribution in [0.5, 0.6) is 11.5 Å². The minimum absolute atomic E-state index is 0.0811. The molecule has 0 radical (unpaired) electrons. The quantitative estimate of drug-likeness (QED) is 0.127. The van der Waals surface area contributed by atoms with E-state index in [2.05, 4.69) is 15.9 Å². The molecule has 0 atom stereocenters. The predicted molar refractivity (Wildman–Crippen MR) is 153 cm³/mol. The van der Waals surface area contributed by atoms with E-state index in [4.69, 9.17) is 21.1 Å². The van der Waals surface area contributed by atoms with Crippen LogP contribution in [0.15, 0.2) is 88.2 Å². The minimum atomic E-state index is -0.533. The number of benzene rings is 4. The summed E-state index contributed by atoms with van der Waals surface area (Å²) in [6.45, 7) is 0.0811. The number of carbonyl (C=O) groups excluding carboxylic acids is 3. The maximum atomic E-state index is 13.1. The average Bonchev–Trinajstić information content (AvgIpc) is 3.17. The molecule has 1 saturated heterocycles. The summed E-state index contributed by atoms with van der Waals surface area (Å²) >= 11 is 10.5. The summed E-state index contributed by atoms with van der Waals surface area (Å²) in [4.78, 5) is 40.1. The zero-order valence-electron chi connectivity index (χ0n) is 19.9. The molecule has 4 aromatic carbocycles. The van der Waals surface area contributed by atoms with Gasteiger partial charge in [0.25, 0.3) is 11.1 Å². The van der Waals surface area contributed by atoms with Crippen molar-refractivity contribution in [1.82, 2.24) is 4.90 Å². The van der Waals surface area contributed by atoms with Crippen LogP contribution < -0.4 is 9.47 Å². The van der Waals surface area contributed by atoms with Gasteiger partial charge in [0.15, 0.2) is 11.5 Å².